The summed E-state index contributed by atoms with van der Waals surface area (Å²) in [5, 5.41) is 0. The molecule has 0 bridgehead atoms. The topological polar surface area (TPSA) is 91.4 Å². The van der Waals surface area contributed by atoms with E-state index in [-0.39, 0.29) is 58.7 Å². The third-order valence-electron chi connectivity index (χ3n) is 15.9. The van der Waals surface area contributed by atoms with Crippen LogP contribution < -0.4 is 0 Å². The molecule has 0 N–H and O–H groups in total. The Labute approximate surface area is 289 Å². The van der Waals surface area contributed by atoms with E-state index in [0.29, 0.717) is 24.4 Å². The number of fused-ring (bicyclic) bond motifs is 7. The molecule has 0 aromatic carbocycles. The minimum atomic E-state index is -0.438. The molecule has 8 nitrogen and oxygen atoms in total. The molecule has 0 aromatic heterocycles. The number of esters is 3. The number of allylic oxidation sites excluding steroid dienone is 1. The van der Waals surface area contributed by atoms with Gasteiger partial charge in [0.05, 0.1) is 18.6 Å². The molecule has 48 heavy (non-hydrogen) atoms. The molecule has 11 atom stereocenters. The lowest BCUT2D eigenvalue weighted by atomic mass is 9.32. The van der Waals surface area contributed by atoms with E-state index in [4.69, 9.17) is 18.9 Å². The van der Waals surface area contributed by atoms with Gasteiger partial charge in [-0.1, -0.05) is 39.8 Å². The molecule has 5 aliphatic carbocycles. The maximum absolute atomic E-state index is 14.3. The molecule has 0 unspecified atom stereocenters. The molecule has 6 rings (SSSR count). The Hall–Kier alpha value is -1.93. The van der Waals surface area contributed by atoms with Crippen LogP contribution in [0.25, 0.3) is 0 Å². The number of rotatable bonds is 8. The van der Waals surface area contributed by atoms with Gasteiger partial charge < -0.3 is 18.9 Å². The molecule has 0 amide bonds. The van der Waals surface area contributed by atoms with Gasteiger partial charge in [-0.2, -0.15) is 0 Å². The van der Waals surface area contributed by atoms with Crippen molar-refractivity contribution >= 4 is 17.9 Å². The highest BCUT2D eigenvalue weighted by Crippen LogP contribution is 2.77. The van der Waals surface area contributed by atoms with Crippen molar-refractivity contribution in [3.63, 3.8) is 0 Å². The molecular weight excluding hydrogens is 606 g/mol. The van der Waals surface area contributed by atoms with Crippen molar-refractivity contribution in [1.82, 2.24) is 4.90 Å². The van der Waals surface area contributed by atoms with E-state index in [1.54, 1.807) is 0 Å². The Kier molecular flexibility index (Phi) is 9.71. The second kappa shape index (κ2) is 13.0. The number of nitrogens with zero attached hydrogens (tertiary/aromatic N) is 1. The monoisotopic (exact) mass is 669 g/mol. The lowest BCUT2D eigenvalue weighted by molar-refractivity contribution is -0.257. The van der Waals surface area contributed by atoms with E-state index in [1.807, 2.05) is 0 Å². The van der Waals surface area contributed by atoms with Crippen LogP contribution in [0.15, 0.2) is 12.2 Å². The molecule has 6 aliphatic rings. The highest BCUT2D eigenvalue weighted by atomic mass is 16.6. The summed E-state index contributed by atoms with van der Waals surface area (Å²) in [6.07, 6.45) is 9.76. The number of carbonyl (C=O) groups excluding carboxylic acids is 3. The second-order valence-corrected chi connectivity index (χ2v) is 17.9. The zero-order valence-corrected chi connectivity index (χ0v) is 31.0. The van der Waals surface area contributed by atoms with Crippen molar-refractivity contribution in [3.8, 4) is 0 Å². The minimum absolute atomic E-state index is 0.0307. The molecule has 270 valence electrons. The Morgan fingerprint density at radius 1 is 0.792 bits per heavy atom. The van der Waals surface area contributed by atoms with Crippen LogP contribution in [0.3, 0.4) is 0 Å². The predicted molar refractivity (Wildman–Crippen MR) is 184 cm³/mol. The zero-order chi connectivity index (χ0) is 34.7. The summed E-state index contributed by atoms with van der Waals surface area (Å²) in [5.41, 5.74) is 0.582. The van der Waals surface area contributed by atoms with Crippen molar-refractivity contribution in [1.29, 1.82) is 0 Å². The summed E-state index contributed by atoms with van der Waals surface area (Å²) in [5.74, 6) is 1.32. The zero-order valence-electron chi connectivity index (χ0n) is 31.0. The first kappa shape index (κ1) is 35.9. The fourth-order valence-electron chi connectivity index (χ4n) is 13.4. The van der Waals surface area contributed by atoms with Gasteiger partial charge in [-0.25, -0.2) is 0 Å². The predicted octanol–water partition coefficient (Wildman–Crippen LogP) is 6.99. The van der Waals surface area contributed by atoms with E-state index >= 15 is 0 Å². The largest absolute Gasteiger partial charge is 0.465 e. The first-order valence-electron chi connectivity index (χ1n) is 19.1. The van der Waals surface area contributed by atoms with Crippen LogP contribution in [-0.2, 0) is 33.3 Å². The molecule has 0 spiro atoms. The van der Waals surface area contributed by atoms with Crippen molar-refractivity contribution in [3.05, 3.63) is 12.2 Å². The van der Waals surface area contributed by atoms with Gasteiger partial charge in [0.2, 0.25) is 0 Å². The molecule has 1 aliphatic heterocycles. The maximum atomic E-state index is 14.3. The second-order valence-electron chi connectivity index (χ2n) is 17.9. The molecule has 8 heteroatoms. The van der Waals surface area contributed by atoms with E-state index < -0.39 is 10.8 Å². The third kappa shape index (κ3) is 5.58. The van der Waals surface area contributed by atoms with Gasteiger partial charge in [0.1, 0.15) is 19.3 Å². The van der Waals surface area contributed by atoms with Gasteiger partial charge in [-0.15, -0.1) is 0 Å². The Balaban J connectivity index is 1.28. The minimum Gasteiger partial charge on any atom is -0.465 e. The molecule has 5 saturated carbocycles. The lowest BCUT2D eigenvalue weighted by Crippen LogP contribution is -2.68. The Bertz CT molecular complexity index is 1280. The Morgan fingerprint density at radius 3 is 2.19 bits per heavy atom. The van der Waals surface area contributed by atoms with Crippen LogP contribution in [0, 0.1) is 56.7 Å². The van der Waals surface area contributed by atoms with Crippen LogP contribution >= 0.6 is 0 Å². The summed E-state index contributed by atoms with van der Waals surface area (Å²) in [7, 11) is 0. The summed E-state index contributed by atoms with van der Waals surface area (Å²) in [6.45, 7) is 24.3. The van der Waals surface area contributed by atoms with Crippen LogP contribution in [0.1, 0.15) is 113 Å². The molecule has 0 aromatic rings. The van der Waals surface area contributed by atoms with Crippen molar-refractivity contribution < 1.29 is 33.3 Å². The van der Waals surface area contributed by atoms with E-state index in [2.05, 4.69) is 46.1 Å². The fourth-order valence-corrected chi connectivity index (χ4v) is 13.4. The van der Waals surface area contributed by atoms with Gasteiger partial charge in [-0.3, -0.25) is 19.3 Å². The summed E-state index contributed by atoms with van der Waals surface area (Å²) < 4.78 is 23.5. The molecular formula is C40H63NO7. The third-order valence-corrected chi connectivity index (χ3v) is 15.9. The molecule has 6 fully saturated rings. The van der Waals surface area contributed by atoms with E-state index in [0.717, 1.165) is 97.1 Å². The van der Waals surface area contributed by atoms with Gasteiger partial charge in [0.25, 0.3) is 0 Å². The molecule has 0 radical (unpaired) electrons. The van der Waals surface area contributed by atoms with Gasteiger partial charge in [0.15, 0.2) is 0 Å². The van der Waals surface area contributed by atoms with Gasteiger partial charge in [0, 0.05) is 38.9 Å². The quantitative estimate of drug-likeness (QED) is 0.155. The summed E-state index contributed by atoms with van der Waals surface area (Å²) in [4.78, 5) is 41.0. The maximum Gasteiger partial charge on any atom is 0.312 e. The SMILES string of the molecule is C=C(C)[C@@H]1CC[C@]2(C(=O)OCCN3CCOCC3)CC[C@]3(C)[C@H](CC[C@@H]4[C@@]5(C)CC[C@H](OC(C)=O)[C@@](C)(COC(C)=O)[C@@H]5CC[C@]43C)[C@@H]12. The Morgan fingerprint density at radius 2 is 1.52 bits per heavy atom. The standard InChI is InChI=1S/C40H63NO7/c1-26(2)29-11-16-40(35(44)46-24-21-41-19-22-45-23-20-41)18-17-38(7)30(34(29)40)9-10-32-36(5)14-13-33(48-28(4)43)37(6,25-47-27(3)42)31(36)12-15-39(32,38)8/h29-34H,1,9-25H2,2-8H3/t29-,30+,31+,32+,33-,34+,36-,37-,38+,39+,40-/m0/s1. The number of carbonyl (C=O) groups is 3. The van der Waals surface area contributed by atoms with E-state index in [1.165, 1.54) is 19.4 Å². The number of hydrogen-bond acceptors (Lipinski definition) is 8. The van der Waals surface area contributed by atoms with Gasteiger partial charge in [-0.05, 0) is 117 Å². The smallest absolute Gasteiger partial charge is 0.312 e. The first-order chi connectivity index (χ1) is 22.6. The number of ether oxygens (including phenoxy) is 4. The normalized spacial score (nSPS) is 45.5. The molecule has 1 heterocycles. The van der Waals surface area contributed by atoms with Crippen LogP contribution in [-0.4, -0.2) is 75.0 Å². The summed E-state index contributed by atoms with van der Waals surface area (Å²) in [6, 6.07) is 0. The first-order valence-corrected chi connectivity index (χ1v) is 19.1. The van der Waals surface area contributed by atoms with E-state index in [9.17, 15) is 14.4 Å². The number of hydrogen-bond donors (Lipinski definition) is 0. The van der Waals surface area contributed by atoms with Crippen molar-refractivity contribution in [2.24, 2.45) is 56.7 Å². The average molecular weight is 670 g/mol. The van der Waals surface area contributed by atoms with Crippen LogP contribution in [0.4, 0.5) is 0 Å². The molecule has 1 saturated heterocycles. The fraction of sp³-hybridized carbons (Fsp3) is 0.875. The number of morpholine rings is 1. The lowest BCUT2D eigenvalue weighted by Gasteiger charge is -2.72. The average Bonchev–Trinajstić information content (AvgIpc) is 3.44. The van der Waals surface area contributed by atoms with Crippen molar-refractivity contribution in [2.75, 3.05) is 46.1 Å². The van der Waals surface area contributed by atoms with Gasteiger partial charge >= 0.3 is 17.9 Å². The highest BCUT2D eigenvalue weighted by Gasteiger charge is 2.72. The van der Waals surface area contributed by atoms with Crippen molar-refractivity contribution in [2.45, 2.75) is 119 Å². The highest BCUT2D eigenvalue weighted by molar-refractivity contribution is 5.78. The summed E-state index contributed by atoms with van der Waals surface area (Å²) >= 11 is 0. The van der Waals surface area contributed by atoms with Crippen LogP contribution in [0.2, 0.25) is 0 Å². The van der Waals surface area contributed by atoms with Crippen LogP contribution in [0.5, 0.6) is 0 Å².